The fraction of sp³-hybridized carbons (Fsp3) is 0.600. The topological polar surface area (TPSA) is 35.5 Å². The minimum absolute atomic E-state index is 0.0490. The van der Waals surface area contributed by atoms with Crippen LogP contribution in [0.3, 0.4) is 0 Å². The second-order valence-corrected chi connectivity index (χ2v) is 5.45. The highest BCUT2D eigenvalue weighted by atomic mass is 19.4. The van der Waals surface area contributed by atoms with E-state index in [1.165, 1.54) is 12.1 Å². The van der Waals surface area contributed by atoms with Crippen LogP contribution in [0.25, 0.3) is 0 Å². The Morgan fingerprint density at radius 1 is 1.24 bits per heavy atom. The summed E-state index contributed by atoms with van der Waals surface area (Å²) < 4.78 is 37.6. The highest BCUT2D eigenvalue weighted by Crippen LogP contribution is 2.29. The van der Waals surface area contributed by atoms with E-state index in [1.807, 2.05) is 0 Å². The fourth-order valence-electron chi connectivity index (χ4n) is 2.66. The molecule has 1 aromatic carbocycles. The summed E-state index contributed by atoms with van der Waals surface area (Å²) >= 11 is 0. The van der Waals surface area contributed by atoms with Crippen molar-refractivity contribution in [3.05, 3.63) is 35.4 Å². The van der Waals surface area contributed by atoms with Gasteiger partial charge in [-0.15, -0.1) is 0 Å². The Morgan fingerprint density at radius 3 is 2.48 bits per heavy atom. The van der Waals surface area contributed by atoms with Crippen LogP contribution in [0.5, 0.6) is 0 Å². The van der Waals surface area contributed by atoms with E-state index in [0.29, 0.717) is 19.1 Å². The van der Waals surface area contributed by atoms with Gasteiger partial charge in [-0.1, -0.05) is 12.1 Å². The first-order valence-corrected chi connectivity index (χ1v) is 7.22. The van der Waals surface area contributed by atoms with E-state index in [0.717, 1.165) is 43.6 Å². The zero-order chi connectivity index (χ0) is 15.3. The standard InChI is InChI=1S/C15H21F3N2O/c16-15(17,18)13-5-3-12(4-6-13)10-20(8-9-21)11-14-2-1-7-19-14/h3-6,14,19,21H,1-2,7-11H2. The van der Waals surface area contributed by atoms with Gasteiger partial charge >= 0.3 is 6.18 Å². The zero-order valence-electron chi connectivity index (χ0n) is 11.9. The molecule has 6 heteroatoms. The Kier molecular flexibility index (Phi) is 5.61. The molecule has 0 amide bonds. The third kappa shape index (κ3) is 4.98. The monoisotopic (exact) mass is 302 g/mol. The molecule has 21 heavy (non-hydrogen) atoms. The van der Waals surface area contributed by atoms with Crippen molar-refractivity contribution in [1.82, 2.24) is 10.2 Å². The van der Waals surface area contributed by atoms with Crippen LogP contribution < -0.4 is 5.32 Å². The lowest BCUT2D eigenvalue weighted by molar-refractivity contribution is -0.137. The molecule has 3 nitrogen and oxygen atoms in total. The molecular weight excluding hydrogens is 281 g/mol. The summed E-state index contributed by atoms with van der Waals surface area (Å²) in [5, 5.41) is 12.5. The molecular formula is C15H21F3N2O. The van der Waals surface area contributed by atoms with Crippen molar-refractivity contribution in [1.29, 1.82) is 0 Å². The van der Waals surface area contributed by atoms with Crippen LogP contribution >= 0.6 is 0 Å². The fourth-order valence-corrected chi connectivity index (χ4v) is 2.66. The summed E-state index contributed by atoms with van der Waals surface area (Å²) in [5.41, 5.74) is 0.201. The minimum Gasteiger partial charge on any atom is -0.395 e. The molecule has 1 fully saturated rings. The van der Waals surface area contributed by atoms with Crippen molar-refractivity contribution < 1.29 is 18.3 Å². The van der Waals surface area contributed by atoms with Crippen molar-refractivity contribution in [3.8, 4) is 0 Å². The lowest BCUT2D eigenvalue weighted by atomic mass is 10.1. The van der Waals surface area contributed by atoms with E-state index in [1.54, 1.807) is 0 Å². The van der Waals surface area contributed by atoms with Gasteiger partial charge in [0.25, 0.3) is 0 Å². The number of aliphatic hydroxyl groups excluding tert-OH is 1. The quantitative estimate of drug-likeness (QED) is 0.846. The molecule has 1 heterocycles. The predicted molar refractivity (Wildman–Crippen MR) is 74.8 cm³/mol. The van der Waals surface area contributed by atoms with E-state index in [-0.39, 0.29) is 6.61 Å². The summed E-state index contributed by atoms with van der Waals surface area (Å²) in [5.74, 6) is 0. The molecule has 0 aromatic heterocycles. The zero-order valence-corrected chi connectivity index (χ0v) is 11.9. The lowest BCUT2D eigenvalue weighted by Gasteiger charge is -2.25. The number of alkyl halides is 3. The first-order valence-electron chi connectivity index (χ1n) is 7.22. The van der Waals surface area contributed by atoms with Crippen LogP contribution in [0, 0.1) is 0 Å². The van der Waals surface area contributed by atoms with Crippen molar-refractivity contribution in [3.63, 3.8) is 0 Å². The summed E-state index contributed by atoms with van der Waals surface area (Å²) in [7, 11) is 0. The third-order valence-electron chi connectivity index (χ3n) is 3.74. The van der Waals surface area contributed by atoms with Gasteiger partial charge in [0.05, 0.1) is 12.2 Å². The lowest BCUT2D eigenvalue weighted by Crippen LogP contribution is -2.38. The van der Waals surface area contributed by atoms with Crippen LogP contribution in [0.1, 0.15) is 24.0 Å². The van der Waals surface area contributed by atoms with E-state index < -0.39 is 11.7 Å². The highest BCUT2D eigenvalue weighted by Gasteiger charge is 2.30. The van der Waals surface area contributed by atoms with Crippen LogP contribution in [0.4, 0.5) is 13.2 Å². The number of hydrogen-bond acceptors (Lipinski definition) is 3. The first kappa shape index (κ1) is 16.3. The van der Waals surface area contributed by atoms with Gasteiger partial charge in [-0.3, -0.25) is 4.90 Å². The molecule has 118 valence electrons. The van der Waals surface area contributed by atoms with Crippen molar-refractivity contribution in [2.75, 3.05) is 26.2 Å². The van der Waals surface area contributed by atoms with Gasteiger partial charge < -0.3 is 10.4 Å². The van der Waals surface area contributed by atoms with Crippen molar-refractivity contribution in [2.45, 2.75) is 31.6 Å². The maximum Gasteiger partial charge on any atom is 0.416 e. The predicted octanol–water partition coefficient (Wildman–Crippen LogP) is 2.25. The number of hydrogen-bond donors (Lipinski definition) is 2. The average molecular weight is 302 g/mol. The normalized spacial score (nSPS) is 19.4. The second kappa shape index (κ2) is 7.24. The summed E-state index contributed by atoms with van der Waals surface area (Å²) in [4.78, 5) is 2.07. The number of halogens is 3. The van der Waals surface area contributed by atoms with E-state index >= 15 is 0 Å². The number of rotatable bonds is 6. The Balaban J connectivity index is 1.95. The van der Waals surface area contributed by atoms with Crippen LogP contribution in [-0.2, 0) is 12.7 Å². The van der Waals surface area contributed by atoms with Gasteiger partial charge in [-0.25, -0.2) is 0 Å². The van der Waals surface area contributed by atoms with Gasteiger partial charge in [-0.05, 0) is 37.1 Å². The summed E-state index contributed by atoms with van der Waals surface area (Å²) in [6.45, 7) is 2.95. The Labute approximate surface area is 122 Å². The smallest absolute Gasteiger partial charge is 0.395 e. The molecule has 0 aliphatic carbocycles. The highest BCUT2D eigenvalue weighted by molar-refractivity contribution is 5.24. The van der Waals surface area contributed by atoms with Crippen LogP contribution in [0.2, 0.25) is 0 Å². The van der Waals surface area contributed by atoms with Gasteiger partial charge in [0.1, 0.15) is 0 Å². The van der Waals surface area contributed by atoms with Gasteiger partial charge in [0, 0.05) is 25.7 Å². The molecule has 1 aromatic rings. The van der Waals surface area contributed by atoms with Gasteiger partial charge in [0.2, 0.25) is 0 Å². The molecule has 1 atom stereocenters. The van der Waals surface area contributed by atoms with Crippen LogP contribution in [0.15, 0.2) is 24.3 Å². The SMILES string of the molecule is OCCN(Cc1ccc(C(F)(F)F)cc1)CC1CCCN1. The molecule has 1 saturated heterocycles. The molecule has 2 N–H and O–H groups in total. The molecule has 0 saturated carbocycles. The number of benzene rings is 1. The Bertz CT molecular complexity index is 428. The summed E-state index contributed by atoms with van der Waals surface area (Å²) in [6.07, 6.45) is -2.04. The molecule has 0 spiro atoms. The maximum atomic E-state index is 12.5. The maximum absolute atomic E-state index is 12.5. The molecule has 2 rings (SSSR count). The first-order chi connectivity index (χ1) is 9.99. The second-order valence-electron chi connectivity index (χ2n) is 5.45. The van der Waals surface area contributed by atoms with Gasteiger partial charge in [-0.2, -0.15) is 13.2 Å². The third-order valence-corrected chi connectivity index (χ3v) is 3.74. The molecule has 0 bridgehead atoms. The van der Waals surface area contributed by atoms with Crippen molar-refractivity contribution in [2.24, 2.45) is 0 Å². The van der Waals surface area contributed by atoms with E-state index in [2.05, 4.69) is 10.2 Å². The minimum atomic E-state index is -4.29. The summed E-state index contributed by atoms with van der Waals surface area (Å²) in [6, 6.07) is 5.65. The Morgan fingerprint density at radius 2 is 1.95 bits per heavy atom. The molecule has 1 aliphatic heterocycles. The largest absolute Gasteiger partial charge is 0.416 e. The molecule has 1 unspecified atom stereocenters. The Hall–Kier alpha value is -1.11. The number of aliphatic hydroxyl groups is 1. The van der Waals surface area contributed by atoms with Crippen LogP contribution in [-0.4, -0.2) is 42.3 Å². The van der Waals surface area contributed by atoms with E-state index in [4.69, 9.17) is 5.11 Å². The molecule has 0 radical (unpaired) electrons. The van der Waals surface area contributed by atoms with E-state index in [9.17, 15) is 13.2 Å². The number of nitrogens with one attached hydrogen (secondary N) is 1. The molecule has 1 aliphatic rings. The number of nitrogens with zero attached hydrogens (tertiary/aromatic N) is 1. The van der Waals surface area contributed by atoms with Crippen molar-refractivity contribution >= 4 is 0 Å². The van der Waals surface area contributed by atoms with Gasteiger partial charge in [0.15, 0.2) is 0 Å². The average Bonchev–Trinajstić information content (AvgIpc) is 2.91.